The van der Waals surface area contributed by atoms with E-state index < -0.39 is 0 Å². The first kappa shape index (κ1) is 14.8. The van der Waals surface area contributed by atoms with Crippen LogP contribution in [0, 0.1) is 0 Å². The molecule has 5 nitrogen and oxygen atoms in total. The van der Waals surface area contributed by atoms with Crippen LogP contribution in [0.5, 0.6) is 0 Å². The van der Waals surface area contributed by atoms with Crippen LogP contribution in [0.4, 0.5) is 5.69 Å². The molecule has 5 heteroatoms. The highest BCUT2D eigenvalue weighted by Crippen LogP contribution is 2.20. The molecule has 1 aromatic heterocycles. The minimum absolute atomic E-state index is 0.0702. The zero-order valence-corrected chi connectivity index (χ0v) is 12.8. The van der Waals surface area contributed by atoms with Gasteiger partial charge in [0.15, 0.2) is 0 Å². The van der Waals surface area contributed by atoms with Crippen molar-refractivity contribution in [2.75, 3.05) is 32.0 Å². The minimum Gasteiger partial charge on any atom is -0.385 e. The van der Waals surface area contributed by atoms with Crippen molar-refractivity contribution in [1.29, 1.82) is 0 Å². The first-order valence-corrected chi connectivity index (χ1v) is 7.23. The lowest BCUT2D eigenvalue weighted by molar-refractivity contribution is 0.0414. The van der Waals surface area contributed by atoms with Crippen LogP contribution in [0.1, 0.15) is 31.1 Å². The van der Waals surface area contributed by atoms with Gasteiger partial charge in [-0.15, -0.1) is 0 Å². The number of aromatic nitrogens is 1. The Kier molecular flexibility index (Phi) is 4.60. The molecular formula is C15H24N4O. The summed E-state index contributed by atoms with van der Waals surface area (Å²) in [6, 6.07) is 2.61. The Labute approximate surface area is 121 Å². The number of hydrogen-bond donors (Lipinski definition) is 1. The molecule has 0 bridgehead atoms. The number of carbonyl (C=O) groups excluding carboxylic acids is 1. The number of nitrogens with zero attached hydrogens (tertiary/aromatic N) is 3. The average Bonchev–Trinajstić information content (AvgIpc) is 2.44. The quantitative estimate of drug-likeness (QED) is 0.912. The smallest absolute Gasteiger partial charge is 0.257 e. The number of amides is 1. The number of likely N-dealkylation sites (N-methyl/N-ethyl adjacent to an activating group) is 1. The molecule has 0 radical (unpaired) electrons. The van der Waals surface area contributed by atoms with E-state index in [1.54, 1.807) is 12.4 Å². The van der Waals surface area contributed by atoms with E-state index in [1.165, 1.54) is 0 Å². The SMILES string of the molecule is CCNc1ccncc1C(=O)N1CC(C)N(C)C(C)C1. The molecule has 0 aromatic carbocycles. The number of piperazine rings is 1. The molecule has 1 N–H and O–H groups in total. The molecule has 20 heavy (non-hydrogen) atoms. The summed E-state index contributed by atoms with van der Waals surface area (Å²) in [5.41, 5.74) is 1.53. The predicted molar refractivity (Wildman–Crippen MR) is 81.0 cm³/mol. The first-order chi connectivity index (χ1) is 9.54. The Bertz CT molecular complexity index is 465. The van der Waals surface area contributed by atoms with Crippen LogP contribution in [-0.2, 0) is 0 Å². The summed E-state index contributed by atoms with van der Waals surface area (Å²) < 4.78 is 0. The van der Waals surface area contributed by atoms with Crippen molar-refractivity contribution in [3.63, 3.8) is 0 Å². The molecule has 110 valence electrons. The maximum Gasteiger partial charge on any atom is 0.257 e. The number of pyridine rings is 1. The first-order valence-electron chi connectivity index (χ1n) is 7.23. The van der Waals surface area contributed by atoms with Gasteiger partial charge >= 0.3 is 0 Å². The normalized spacial score (nSPS) is 23.7. The molecule has 1 amide bonds. The number of carbonyl (C=O) groups is 1. The number of rotatable bonds is 3. The van der Waals surface area contributed by atoms with Gasteiger partial charge in [-0.05, 0) is 33.9 Å². The lowest BCUT2D eigenvalue weighted by Crippen LogP contribution is -2.56. The van der Waals surface area contributed by atoms with Gasteiger partial charge in [-0.25, -0.2) is 0 Å². The molecule has 0 saturated carbocycles. The standard InChI is InChI=1S/C15H24N4O/c1-5-17-14-6-7-16-8-13(14)15(20)19-9-11(2)18(4)12(3)10-19/h6-8,11-12H,5,9-10H2,1-4H3,(H,16,17). The summed E-state index contributed by atoms with van der Waals surface area (Å²) in [5.74, 6) is 0.0702. The summed E-state index contributed by atoms with van der Waals surface area (Å²) in [5, 5.41) is 3.23. The Balaban J connectivity index is 2.19. The lowest BCUT2D eigenvalue weighted by Gasteiger charge is -2.42. The van der Waals surface area contributed by atoms with Gasteiger partial charge in [0.2, 0.25) is 0 Å². The van der Waals surface area contributed by atoms with Crippen molar-refractivity contribution >= 4 is 11.6 Å². The van der Waals surface area contributed by atoms with Crippen LogP contribution in [0.25, 0.3) is 0 Å². The molecule has 2 atom stereocenters. The van der Waals surface area contributed by atoms with Crippen LogP contribution in [0.3, 0.4) is 0 Å². The van der Waals surface area contributed by atoms with E-state index in [4.69, 9.17) is 0 Å². The maximum atomic E-state index is 12.7. The van der Waals surface area contributed by atoms with Crippen molar-refractivity contribution in [2.45, 2.75) is 32.9 Å². The van der Waals surface area contributed by atoms with E-state index in [-0.39, 0.29) is 5.91 Å². The van der Waals surface area contributed by atoms with Crippen LogP contribution in [0.2, 0.25) is 0 Å². The van der Waals surface area contributed by atoms with Crippen molar-refractivity contribution in [3.8, 4) is 0 Å². The van der Waals surface area contributed by atoms with E-state index in [2.05, 4.69) is 36.1 Å². The van der Waals surface area contributed by atoms with Gasteiger partial charge in [0.25, 0.3) is 5.91 Å². The molecule has 0 spiro atoms. The van der Waals surface area contributed by atoms with Crippen molar-refractivity contribution in [3.05, 3.63) is 24.0 Å². The predicted octanol–water partition coefficient (Wildman–Crippen LogP) is 1.68. The fourth-order valence-electron chi connectivity index (χ4n) is 2.65. The fraction of sp³-hybridized carbons (Fsp3) is 0.600. The highest BCUT2D eigenvalue weighted by atomic mass is 16.2. The van der Waals surface area contributed by atoms with E-state index in [9.17, 15) is 4.79 Å². The summed E-state index contributed by atoms with van der Waals surface area (Å²) in [4.78, 5) is 21.1. The van der Waals surface area contributed by atoms with E-state index in [0.717, 1.165) is 25.3 Å². The van der Waals surface area contributed by atoms with Gasteiger partial charge in [-0.2, -0.15) is 0 Å². The second-order valence-corrected chi connectivity index (χ2v) is 5.53. The van der Waals surface area contributed by atoms with Crippen molar-refractivity contribution < 1.29 is 4.79 Å². The third kappa shape index (κ3) is 2.93. The molecule has 2 heterocycles. The van der Waals surface area contributed by atoms with Crippen LogP contribution < -0.4 is 5.32 Å². The van der Waals surface area contributed by atoms with Crippen LogP contribution in [-0.4, -0.2) is 59.5 Å². The zero-order valence-electron chi connectivity index (χ0n) is 12.8. The second kappa shape index (κ2) is 6.22. The van der Waals surface area contributed by atoms with Crippen LogP contribution in [0.15, 0.2) is 18.5 Å². The topological polar surface area (TPSA) is 48.5 Å². The average molecular weight is 276 g/mol. The van der Waals surface area contributed by atoms with Crippen LogP contribution >= 0.6 is 0 Å². The maximum absolute atomic E-state index is 12.7. The third-order valence-corrected chi connectivity index (χ3v) is 4.07. The van der Waals surface area contributed by atoms with Crippen molar-refractivity contribution in [2.24, 2.45) is 0 Å². The summed E-state index contributed by atoms with van der Waals surface area (Å²) in [7, 11) is 2.12. The molecular weight excluding hydrogens is 252 g/mol. The fourth-order valence-corrected chi connectivity index (χ4v) is 2.65. The number of anilines is 1. The monoisotopic (exact) mass is 276 g/mol. The minimum atomic E-state index is 0.0702. The summed E-state index contributed by atoms with van der Waals surface area (Å²) in [6.07, 6.45) is 3.37. The molecule has 1 aliphatic rings. The van der Waals surface area contributed by atoms with Gasteiger partial charge in [-0.3, -0.25) is 14.7 Å². The van der Waals surface area contributed by atoms with Gasteiger partial charge in [0.1, 0.15) is 0 Å². The Hall–Kier alpha value is -1.62. The lowest BCUT2D eigenvalue weighted by atomic mass is 10.1. The van der Waals surface area contributed by atoms with Gasteiger partial charge in [0, 0.05) is 44.1 Å². The van der Waals surface area contributed by atoms with E-state index in [1.807, 2.05) is 17.9 Å². The molecule has 2 unspecified atom stereocenters. The Morgan fingerprint density at radius 2 is 2.05 bits per heavy atom. The van der Waals surface area contributed by atoms with Gasteiger partial charge < -0.3 is 10.2 Å². The van der Waals surface area contributed by atoms with Gasteiger partial charge in [0.05, 0.1) is 11.3 Å². The second-order valence-electron chi connectivity index (χ2n) is 5.53. The zero-order chi connectivity index (χ0) is 14.7. The Morgan fingerprint density at radius 3 is 2.65 bits per heavy atom. The number of nitrogens with one attached hydrogen (secondary N) is 1. The Morgan fingerprint density at radius 1 is 1.40 bits per heavy atom. The largest absolute Gasteiger partial charge is 0.385 e. The highest BCUT2D eigenvalue weighted by molar-refractivity contribution is 5.99. The van der Waals surface area contributed by atoms with E-state index in [0.29, 0.717) is 17.6 Å². The molecule has 1 saturated heterocycles. The molecule has 1 aliphatic heterocycles. The molecule has 0 aliphatic carbocycles. The van der Waals surface area contributed by atoms with Gasteiger partial charge in [-0.1, -0.05) is 0 Å². The van der Waals surface area contributed by atoms with E-state index >= 15 is 0 Å². The molecule has 1 aromatic rings. The summed E-state index contributed by atoms with van der Waals surface area (Å²) >= 11 is 0. The molecule has 1 fully saturated rings. The summed E-state index contributed by atoms with van der Waals surface area (Å²) in [6.45, 7) is 8.66. The number of hydrogen-bond acceptors (Lipinski definition) is 4. The highest BCUT2D eigenvalue weighted by Gasteiger charge is 2.30. The molecule has 2 rings (SSSR count). The van der Waals surface area contributed by atoms with Crippen molar-refractivity contribution in [1.82, 2.24) is 14.8 Å². The third-order valence-electron chi connectivity index (χ3n) is 4.07.